The van der Waals surface area contributed by atoms with E-state index in [2.05, 4.69) is 5.32 Å². The molecule has 0 aromatic heterocycles. The van der Waals surface area contributed by atoms with E-state index in [-0.39, 0.29) is 28.1 Å². The minimum absolute atomic E-state index is 0.0714. The molecule has 0 unspecified atom stereocenters. The summed E-state index contributed by atoms with van der Waals surface area (Å²) in [5.41, 5.74) is 1.32. The Morgan fingerprint density at radius 3 is 2.24 bits per heavy atom. The molecule has 4 rings (SSSR count). The number of benzene rings is 3. The number of rotatable bonds is 3. The van der Waals surface area contributed by atoms with Crippen LogP contribution in [0.3, 0.4) is 0 Å². The van der Waals surface area contributed by atoms with E-state index < -0.39 is 29.4 Å². The van der Waals surface area contributed by atoms with Crippen molar-refractivity contribution in [3.63, 3.8) is 0 Å². The Morgan fingerprint density at radius 2 is 1.55 bits per heavy atom. The number of aryl methyl sites for hydroxylation is 1. The zero-order chi connectivity index (χ0) is 20.7. The summed E-state index contributed by atoms with van der Waals surface area (Å²) in [5.74, 6) is -2.64. The minimum Gasteiger partial charge on any atom is -0.322 e. The molecule has 29 heavy (non-hydrogen) atoms. The van der Waals surface area contributed by atoms with Gasteiger partial charge in [0.25, 0.3) is 17.7 Å². The number of hydrogen-bond donors (Lipinski definition) is 1. The average molecular weight is 392 g/mol. The number of amides is 3. The molecule has 0 radical (unpaired) electrons. The highest BCUT2D eigenvalue weighted by Crippen LogP contribution is 2.29. The number of hydrogen-bond acceptors (Lipinski definition) is 3. The Kier molecular flexibility index (Phi) is 4.43. The molecule has 0 fully saturated rings. The quantitative estimate of drug-likeness (QED) is 0.675. The molecular weight excluding hydrogens is 378 g/mol. The number of imide groups is 1. The predicted molar refractivity (Wildman–Crippen MR) is 103 cm³/mol. The minimum atomic E-state index is -0.604. The van der Waals surface area contributed by atoms with Gasteiger partial charge in [0, 0.05) is 11.3 Å². The number of nitrogens with zero attached hydrogens (tertiary/aromatic N) is 1. The van der Waals surface area contributed by atoms with Crippen LogP contribution >= 0.6 is 0 Å². The summed E-state index contributed by atoms with van der Waals surface area (Å²) in [4.78, 5) is 38.8. The number of nitrogens with one attached hydrogen (secondary N) is 1. The molecule has 0 spiro atoms. The lowest BCUT2D eigenvalue weighted by atomic mass is 10.1. The van der Waals surface area contributed by atoms with Gasteiger partial charge in [0.05, 0.1) is 16.8 Å². The molecule has 144 valence electrons. The van der Waals surface area contributed by atoms with Crippen molar-refractivity contribution < 1.29 is 23.2 Å². The highest BCUT2D eigenvalue weighted by atomic mass is 19.1. The molecular formula is C22H14F2N2O3. The van der Waals surface area contributed by atoms with E-state index in [1.54, 1.807) is 13.0 Å². The Bertz CT molecular complexity index is 1170. The van der Waals surface area contributed by atoms with E-state index >= 15 is 0 Å². The molecule has 0 saturated heterocycles. The van der Waals surface area contributed by atoms with E-state index in [1.807, 2.05) is 0 Å². The first-order valence-electron chi connectivity index (χ1n) is 8.71. The summed E-state index contributed by atoms with van der Waals surface area (Å²) in [6, 6.07) is 13.4. The SMILES string of the molecule is Cc1ccc(NC(=O)c2ccc3c(c2)C(=O)N(c2ccc(F)cc2)C3=O)cc1F. The summed E-state index contributed by atoms with van der Waals surface area (Å²) in [5, 5.41) is 2.56. The van der Waals surface area contributed by atoms with Gasteiger partial charge in [0.15, 0.2) is 0 Å². The largest absolute Gasteiger partial charge is 0.322 e. The standard InChI is InChI=1S/C22H14F2N2O3/c1-12-2-6-15(11-19(12)24)25-20(27)13-3-9-17-18(10-13)22(29)26(21(17)28)16-7-4-14(23)5-8-16/h2-11H,1H3,(H,25,27). The second kappa shape index (κ2) is 6.94. The van der Waals surface area contributed by atoms with Crippen LogP contribution in [-0.2, 0) is 0 Å². The van der Waals surface area contributed by atoms with E-state index in [0.29, 0.717) is 5.56 Å². The van der Waals surface area contributed by atoms with Crippen LogP contribution in [0.15, 0.2) is 60.7 Å². The van der Waals surface area contributed by atoms with Crippen LogP contribution in [-0.4, -0.2) is 17.7 Å². The summed E-state index contributed by atoms with van der Waals surface area (Å²) in [6.07, 6.45) is 0. The summed E-state index contributed by atoms with van der Waals surface area (Å²) in [7, 11) is 0. The van der Waals surface area contributed by atoms with Crippen LogP contribution < -0.4 is 10.2 Å². The smallest absolute Gasteiger partial charge is 0.266 e. The highest BCUT2D eigenvalue weighted by molar-refractivity contribution is 6.34. The van der Waals surface area contributed by atoms with Gasteiger partial charge in [-0.2, -0.15) is 0 Å². The first-order chi connectivity index (χ1) is 13.8. The van der Waals surface area contributed by atoms with Crippen molar-refractivity contribution in [3.05, 3.63) is 94.6 Å². The van der Waals surface area contributed by atoms with Crippen LogP contribution in [0.1, 0.15) is 36.6 Å². The van der Waals surface area contributed by atoms with Crippen molar-refractivity contribution >= 4 is 29.1 Å². The van der Waals surface area contributed by atoms with Gasteiger partial charge >= 0.3 is 0 Å². The fourth-order valence-electron chi connectivity index (χ4n) is 3.08. The van der Waals surface area contributed by atoms with Crippen LogP contribution in [0.5, 0.6) is 0 Å². The maximum atomic E-state index is 13.7. The molecule has 0 bridgehead atoms. The van der Waals surface area contributed by atoms with Crippen LogP contribution in [0, 0.1) is 18.6 Å². The summed E-state index contributed by atoms with van der Waals surface area (Å²) < 4.78 is 26.8. The Morgan fingerprint density at radius 1 is 0.862 bits per heavy atom. The van der Waals surface area contributed by atoms with Crippen LogP contribution in [0.25, 0.3) is 0 Å². The van der Waals surface area contributed by atoms with Gasteiger partial charge in [0.2, 0.25) is 0 Å². The van der Waals surface area contributed by atoms with Crippen molar-refractivity contribution in [1.29, 1.82) is 0 Å². The molecule has 3 amide bonds. The third-order valence-electron chi connectivity index (χ3n) is 4.66. The lowest BCUT2D eigenvalue weighted by Gasteiger charge is -2.13. The van der Waals surface area contributed by atoms with Crippen molar-refractivity contribution in [2.24, 2.45) is 0 Å². The van der Waals surface area contributed by atoms with Gasteiger partial charge in [-0.25, -0.2) is 13.7 Å². The number of anilines is 2. The van der Waals surface area contributed by atoms with E-state index in [1.165, 1.54) is 42.5 Å². The summed E-state index contributed by atoms with van der Waals surface area (Å²) in [6.45, 7) is 1.61. The van der Waals surface area contributed by atoms with Crippen molar-refractivity contribution in [1.82, 2.24) is 0 Å². The molecule has 7 heteroatoms. The monoisotopic (exact) mass is 392 g/mol. The van der Waals surface area contributed by atoms with Gasteiger partial charge in [-0.1, -0.05) is 6.07 Å². The maximum Gasteiger partial charge on any atom is 0.266 e. The van der Waals surface area contributed by atoms with Gasteiger partial charge in [-0.15, -0.1) is 0 Å². The molecule has 1 heterocycles. The Balaban J connectivity index is 1.62. The molecule has 1 aliphatic rings. The van der Waals surface area contributed by atoms with Gasteiger partial charge < -0.3 is 5.32 Å². The van der Waals surface area contributed by atoms with Crippen molar-refractivity contribution in [3.8, 4) is 0 Å². The van der Waals surface area contributed by atoms with Crippen LogP contribution in [0.4, 0.5) is 20.2 Å². The van der Waals surface area contributed by atoms with Gasteiger partial charge in [0.1, 0.15) is 11.6 Å². The molecule has 0 aliphatic carbocycles. The highest BCUT2D eigenvalue weighted by Gasteiger charge is 2.37. The third kappa shape index (κ3) is 3.27. The molecule has 3 aromatic rings. The molecule has 0 saturated carbocycles. The Hall–Kier alpha value is -3.87. The summed E-state index contributed by atoms with van der Waals surface area (Å²) >= 11 is 0. The molecule has 1 N–H and O–H groups in total. The van der Waals surface area contributed by atoms with Crippen LogP contribution in [0.2, 0.25) is 0 Å². The van der Waals surface area contributed by atoms with Gasteiger partial charge in [-0.05, 0) is 67.1 Å². The molecule has 1 aliphatic heterocycles. The molecule has 5 nitrogen and oxygen atoms in total. The average Bonchev–Trinajstić information content (AvgIpc) is 2.95. The fraction of sp³-hybridized carbons (Fsp3) is 0.0455. The number of fused-ring (bicyclic) bond motifs is 1. The van der Waals surface area contributed by atoms with Crippen molar-refractivity contribution in [2.75, 3.05) is 10.2 Å². The number of carbonyl (C=O) groups is 3. The molecule has 0 atom stereocenters. The number of halogens is 2. The zero-order valence-electron chi connectivity index (χ0n) is 15.2. The maximum absolute atomic E-state index is 13.7. The predicted octanol–water partition coefficient (Wildman–Crippen LogP) is 4.33. The zero-order valence-corrected chi connectivity index (χ0v) is 15.2. The second-order valence-electron chi connectivity index (χ2n) is 6.60. The van der Waals surface area contributed by atoms with E-state index in [9.17, 15) is 23.2 Å². The lowest BCUT2D eigenvalue weighted by Crippen LogP contribution is -2.29. The van der Waals surface area contributed by atoms with Gasteiger partial charge in [-0.3, -0.25) is 14.4 Å². The van der Waals surface area contributed by atoms with E-state index in [0.717, 1.165) is 17.0 Å². The lowest BCUT2D eigenvalue weighted by molar-refractivity contribution is 0.0925. The second-order valence-corrected chi connectivity index (χ2v) is 6.60. The first kappa shape index (κ1) is 18.5. The molecule has 3 aromatic carbocycles. The van der Waals surface area contributed by atoms with Crippen molar-refractivity contribution in [2.45, 2.75) is 6.92 Å². The fourth-order valence-corrected chi connectivity index (χ4v) is 3.08. The Labute approximate surface area is 164 Å². The first-order valence-corrected chi connectivity index (χ1v) is 8.71. The third-order valence-corrected chi connectivity index (χ3v) is 4.66. The van der Waals surface area contributed by atoms with E-state index in [4.69, 9.17) is 0 Å². The topological polar surface area (TPSA) is 66.5 Å². The normalized spacial score (nSPS) is 12.9. The number of carbonyl (C=O) groups excluding carboxylic acids is 3.